The average Bonchev–Trinajstić information content (AvgIpc) is 3.14. The number of methoxy groups -OCH3 is 2. The molecule has 0 atom stereocenters. The molecule has 0 aliphatic carbocycles. The minimum absolute atomic E-state index is 0.119. The van der Waals surface area contributed by atoms with Crippen LogP contribution in [0.3, 0.4) is 0 Å². The molecule has 1 amide bonds. The van der Waals surface area contributed by atoms with E-state index in [1.54, 1.807) is 48.9 Å². The topological polar surface area (TPSA) is 90.6 Å². The normalized spacial score (nSPS) is 11.0. The van der Waals surface area contributed by atoms with E-state index in [2.05, 4.69) is 20.6 Å². The zero-order valence-corrected chi connectivity index (χ0v) is 19.0. The summed E-state index contributed by atoms with van der Waals surface area (Å²) in [5.74, 6) is 0.00948. The smallest absolute Gasteiger partial charge is 0.278 e. The molecule has 32 heavy (non-hydrogen) atoms. The Balaban J connectivity index is 1.78. The van der Waals surface area contributed by atoms with E-state index in [4.69, 9.17) is 32.7 Å². The molecule has 2 aromatic heterocycles. The number of nitrogens with zero attached hydrogens (tertiary/aromatic N) is 4. The van der Waals surface area contributed by atoms with Gasteiger partial charge in [0.05, 0.1) is 36.4 Å². The minimum atomic E-state index is -0.464. The third kappa shape index (κ3) is 4.12. The quantitative estimate of drug-likeness (QED) is 0.433. The Hall–Kier alpha value is -3.20. The van der Waals surface area contributed by atoms with Crippen molar-refractivity contribution in [2.24, 2.45) is 0 Å². The lowest BCUT2D eigenvalue weighted by Crippen LogP contribution is -2.19. The SMILES string of the molecule is COCc1nn2c(C)c(C(=O)Nc3cc(Cl)ccc3OC)nnc2c1-c1ccc(Cl)cc1. The molecule has 0 aliphatic rings. The molecule has 0 saturated heterocycles. The van der Waals surface area contributed by atoms with E-state index in [0.29, 0.717) is 38.5 Å². The lowest BCUT2D eigenvalue weighted by atomic mass is 10.1. The minimum Gasteiger partial charge on any atom is -0.495 e. The van der Waals surface area contributed by atoms with Gasteiger partial charge in [-0.05, 0) is 42.8 Å². The summed E-state index contributed by atoms with van der Waals surface area (Å²) < 4.78 is 12.2. The first kappa shape index (κ1) is 22.0. The molecule has 0 unspecified atom stereocenters. The Morgan fingerprint density at radius 3 is 2.47 bits per heavy atom. The van der Waals surface area contributed by atoms with E-state index in [0.717, 1.165) is 11.1 Å². The van der Waals surface area contributed by atoms with E-state index < -0.39 is 5.91 Å². The second-order valence-corrected chi connectivity index (χ2v) is 7.80. The van der Waals surface area contributed by atoms with Crippen LogP contribution < -0.4 is 10.1 Å². The summed E-state index contributed by atoms with van der Waals surface area (Å²) in [5.41, 5.74) is 3.87. The van der Waals surface area contributed by atoms with Crippen molar-refractivity contribution in [1.29, 1.82) is 0 Å². The molecule has 4 rings (SSSR count). The molecule has 0 fully saturated rings. The Morgan fingerprint density at radius 1 is 1.06 bits per heavy atom. The van der Waals surface area contributed by atoms with Gasteiger partial charge in [-0.25, -0.2) is 4.52 Å². The van der Waals surface area contributed by atoms with Crippen molar-refractivity contribution in [2.75, 3.05) is 19.5 Å². The molecular weight excluding hydrogens is 453 g/mol. The zero-order valence-electron chi connectivity index (χ0n) is 17.5. The van der Waals surface area contributed by atoms with Gasteiger partial charge >= 0.3 is 0 Å². The second kappa shape index (κ2) is 9.12. The van der Waals surface area contributed by atoms with Gasteiger partial charge in [-0.1, -0.05) is 35.3 Å². The predicted octanol–water partition coefficient (Wildman–Crippen LogP) is 4.81. The van der Waals surface area contributed by atoms with Gasteiger partial charge in [0.15, 0.2) is 11.3 Å². The fourth-order valence-electron chi connectivity index (χ4n) is 3.37. The number of halogens is 2. The van der Waals surface area contributed by atoms with Crippen LogP contribution in [0, 0.1) is 6.92 Å². The highest BCUT2D eigenvalue weighted by molar-refractivity contribution is 6.31. The maximum Gasteiger partial charge on any atom is 0.278 e. The Kier molecular flexibility index (Phi) is 6.27. The van der Waals surface area contributed by atoms with Crippen LogP contribution in [0.1, 0.15) is 21.9 Å². The number of aryl methyl sites for hydroxylation is 1. The van der Waals surface area contributed by atoms with Crippen molar-refractivity contribution >= 4 is 40.4 Å². The van der Waals surface area contributed by atoms with Crippen LogP contribution in [0.2, 0.25) is 10.0 Å². The summed E-state index contributed by atoms with van der Waals surface area (Å²) in [4.78, 5) is 13.0. The summed E-state index contributed by atoms with van der Waals surface area (Å²) in [5, 5.41) is 17.0. The summed E-state index contributed by atoms with van der Waals surface area (Å²) >= 11 is 12.1. The van der Waals surface area contributed by atoms with E-state index in [9.17, 15) is 4.79 Å². The Bertz CT molecular complexity index is 1310. The fourth-order valence-corrected chi connectivity index (χ4v) is 3.67. The molecule has 8 nitrogen and oxygen atoms in total. The van der Waals surface area contributed by atoms with Crippen LogP contribution in [0.5, 0.6) is 5.75 Å². The Labute approximate surface area is 194 Å². The average molecular weight is 472 g/mol. The van der Waals surface area contributed by atoms with Crippen LogP contribution in [-0.2, 0) is 11.3 Å². The van der Waals surface area contributed by atoms with Gasteiger partial charge in [-0.15, -0.1) is 10.2 Å². The number of amides is 1. The molecule has 4 aromatic rings. The van der Waals surface area contributed by atoms with Gasteiger partial charge < -0.3 is 14.8 Å². The number of hydrogen-bond acceptors (Lipinski definition) is 6. The van der Waals surface area contributed by atoms with Gasteiger partial charge in [0.25, 0.3) is 5.91 Å². The zero-order chi connectivity index (χ0) is 22.8. The third-order valence-electron chi connectivity index (χ3n) is 4.88. The van der Waals surface area contributed by atoms with Gasteiger partial charge in [-0.3, -0.25) is 4.79 Å². The van der Waals surface area contributed by atoms with E-state index in [1.165, 1.54) is 7.11 Å². The molecule has 2 heterocycles. The summed E-state index contributed by atoms with van der Waals surface area (Å²) in [6, 6.07) is 12.3. The molecule has 0 saturated carbocycles. The number of aromatic nitrogens is 4. The maximum atomic E-state index is 13.0. The molecule has 2 aromatic carbocycles. The second-order valence-electron chi connectivity index (χ2n) is 6.93. The van der Waals surface area contributed by atoms with Crippen LogP contribution in [-0.4, -0.2) is 39.9 Å². The van der Waals surface area contributed by atoms with Gasteiger partial charge in [0.2, 0.25) is 0 Å². The highest BCUT2D eigenvalue weighted by atomic mass is 35.5. The van der Waals surface area contributed by atoms with Crippen LogP contribution in [0.25, 0.3) is 16.8 Å². The molecule has 0 spiro atoms. The molecule has 0 radical (unpaired) electrons. The number of ether oxygens (including phenoxy) is 2. The highest BCUT2D eigenvalue weighted by Crippen LogP contribution is 2.31. The molecule has 0 aliphatic heterocycles. The lowest BCUT2D eigenvalue weighted by Gasteiger charge is -2.11. The molecule has 164 valence electrons. The third-order valence-corrected chi connectivity index (χ3v) is 5.36. The number of hydrogen-bond donors (Lipinski definition) is 1. The van der Waals surface area contributed by atoms with E-state index in [-0.39, 0.29) is 12.3 Å². The highest BCUT2D eigenvalue weighted by Gasteiger charge is 2.22. The molecule has 1 N–H and O–H groups in total. The number of fused-ring (bicyclic) bond motifs is 1. The number of anilines is 1. The molecule has 10 heteroatoms. The summed E-state index contributed by atoms with van der Waals surface area (Å²) in [6.07, 6.45) is 0. The van der Waals surface area contributed by atoms with Gasteiger partial charge in [-0.2, -0.15) is 5.10 Å². The van der Waals surface area contributed by atoms with Gasteiger partial charge in [0, 0.05) is 17.2 Å². The standard InChI is InChI=1S/C22H19Cl2N5O3/c1-12-20(22(30)25-16-10-15(24)8-9-18(16)32-3)26-27-21-19(13-4-6-14(23)7-5-13)17(11-31-2)28-29(12)21/h4-10H,11H2,1-3H3,(H,25,30). The van der Waals surface area contributed by atoms with Crippen molar-refractivity contribution < 1.29 is 14.3 Å². The van der Waals surface area contributed by atoms with Gasteiger partial charge in [0.1, 0.15) is 5.75 Å². The van der Waals surface area contributed by atoms with Crippen LogP contribution in [0.15, 0.2) is 42.5 Å². The number of rotatable bonds is 6. The lowest BCUT2D eigenvalue weighted by molar-refractivity contribution is 0.101. The maximum absolute atomic E-state index is 13.0. The van der Waals surface area contributed by atoms with Crippen LogP contribution >= 0.6 is 23.2 Å². The van der Waals surface area contributed by atoms with Crippen molar-refractivity contribution in [2.45, 2.75) is 13.5 Å². The molecular formula is C22H19Cl2N5O3. The first-order valence-electron chi connectivity index (χ1n) is 9.57. The van der Waals surface area contributed by atoms with E-state index in [1.807, 2.05) is 12.1 Å². The summed E-state index contributed by atoms with van der Waals surface area (Å²) in [6.45, 7) is 2.02. The fraction of sp³-hybridized carbons (Fsp3) is 0.182. The van der Waals surface area contributed by atoms with Crippen LogP contribution in [0.4, 0.5) is 5.69 Å². The number of carbonyl (C=O) groups is 1. The number of nitrogens with one attached hydrogen (secondary N) is 1. The summed E-state index contributed by atoms with van der Waals surface area (Å²) in [7, 11) is 3.10. The van der Waals surface area contributed by atoms with Crippen molar-refractivity contribution in [3.05, 3.63) is 69.6 Å². The number of benzene rings is 2. The largest absolute Gasteiger partial charge is 0.495 e. The van der Waals surface area contributed by atoms with Crippen molar-refractivity contribution in [3.8, 4) is 16.9 Å². The predicted molar refractivity (Wildman–Crippen MR) is 123 cm³/mol. The first-order valence-corrected chi connectivity index (χ1v) is 10.3. The first-order chi connectivity index (χ1) is 15.4. The number of carbonyl (C=O) groups excluding carboxylic acids is 1. The molecule has 0 bridgehead atoms. The van der Waals surface area contributed by atoms with Crippen molar-refractivity contribution in [1.82, 2.24) is 19.8 Å². The van der Waals surface area contributed by atoms with Crippen molar-refractivity contribution in [3.63, 3.8) is 0 Å². The Morgan fingerprint density at radius 2 is 1.78 bits per heavy atom. The monoisotopic (exact) mass is 471 g/mol. The van der Waals surface area contributed by atoms with E-state index >= 15 is 0 Å².